The van der Waals surface area contributed by atoms with E-state index in [0.717, 1.165) is 22.8 Å². The molecule has 1 atom stereocenters. The zero-order valence-corrected chi connectivity index (χ0v) is 15.2. The van der Waals surface area contributed by atoms with Gasteiger partial charge in [0.25, 0.3) is 5.91 Å². The van der Waals surface area contributed by atoms with Gasteiger partial charge in [-0.3, -0.25) is 4.79 Å². The lowest BCUT2D eigenvalue weighted by Gasteiger charge is -2.30. The summed E-state index contributed by atoms with van der Waals surface area (Å²) in [5.41, 5.74) is 2.92. The van der Waals surface area contributed by atoms with E-state index in [9.17, 15) is 9.59 Å². The number of hydrogen-bond donors (Lipinski definition) is 0. The Balaban J connectivity index is 1.48. The van der Waals surface area contributed by atoms with Crippen LogP contribution in [0, 0.1) is 0 Å². The molecule has 4 nitrogen and oxygen atoms in total. The Morgan fingerprint density at radius 3 is 2.48 bits per heavy atom. The lowest BCUT2D eigenvalue weighted by atomic mass is 9.99. The highest BCUT2D eigenvalue weighted by atomic mass is 16.5. The van der Waals surface area contributed by atoms with Crippen molar-refractivity contribution in [3.8, 4) is 0 Å². The van der Waals surface area contributed by atoms with Gasteiger partial charge in [-0.2, -0.15) is 0 Å². The summed E-state index contributed by atoms with van der Waals surface area (Å²) in [6.45, 7) is 2.85. The maximum Gasteiger partial charge on any atom is 0.339 e. The Morgan fingerprint density at radius 2 is 1.63 bits per heavy atom. The summed E-state index contributed by atoms with van der Waals surface area (Å²) in [6.07, 6.45) is 0.00746. The zero-order chi connectivity index (χ0) is 18.8. The van der Waals surface area contributed by atoms with Crippen LogP contribution in [0.4, 0.5) is 0 Å². The molecule has 0 aromatic heterocycles. The van der Waals surface area contributed by atoms with E-state index < -0.39 is 12.1 Å². The summed E-state index contributed by atoms with van der Waals surface area (Å²) in [7, 11) is 0. The molecule has 0 N–H and O–H groups in total. The standard InChI is InChI=1S/C23H21NO3/c1-16(22(25)24-14-13-17-7-2-3-9-19(17)15-24)27-23(26)21-12-6-10-18-8-4-5-11-20(18)21/h2-12,16H,13-15H2,1H3/t16-/m1/s1. The number of rotatable bonds is 3. The van der Waals surface area contributed by atoms with Crippen molar-refractivity contribution in [3.63, 3.8) is 0 Å². The maximum atomic E-state index is 12.8. The maximum absolute atomic E-state index is 12.8. The highest BCUT2D eigenvalue weighted by Gasteiger charge is 2.27. The quantitative estimate of drug-likeness (QED) is 0.665. The van der Waals surface area contributed by atoms with Crippen molar-refractivity contribution in [1.82, 2.24) is 4.90 Å². The molecule has 0 fully saturated rings. The lowest BCUT2D eigenvalue weighted by Crippen LogP contribution is -2.42. The third-order valence-corrected chi connectivity index (χ3v) is 5.08. The summed E-state index contributed by atoms with van der Waals surface area (Å²) in [5, 5.41) is 1.80. The topological polar surface area (TPSA) is 46.6 Å². The molecule has 1 heterocycles. The van der Waals surface area contributed by atoms with Crippen molar-refractivity contribution in [1.29, 1.82) is 0 Å². The molecule has 1 aliphatic heterocycles. The Morgan fingerprint density at radius 1 is 0.926 bits per heavy atom. The number of carbonyl (C=O) groups is 2. The van der Waals surface area contributed by atoms with E-state index >= 15 is 0 Å². The van der Waals surface area contributed by atoms with E-state index in [1.54, 1.807) is 17.9 Å². The van der Waals surface area contributed by atoms with E-state index in [0.29, 0.717) is 18.7 Å². The number of benzene rings is 3. The average molecular weight is 359 g/mol. The number of carbonyl (C=O) groups excluding carboxylic acids is 2. The Labute approximate surface area is 158 Å². The van der Waals surface area contributed by atoms with E-state index in [2.05, 4.69) is 6.07 Å². The molecule has 0 saturated carbocycles. The summed E-state index contributed by atoms with van der Waals surface area (Å²) < 4.78 is 5.52. The minimum absolute atomic E-state index is 0.155. The van der Waals surface area contributed by atoms with E-state index in [-0.39, 0.29) is 5.91 Å². The van der Waals surface area contributed by atoms with Gasteiger partial charge in [0.1, 0.15) is 0 Å². The van der Waals surface area contributed by atoms with Crippen LogP contribution in [0.2, 0.25) is 0 Å². The number of fused-ring (bicyclic) bond motifs is 2. The molecule has 0 bridgehead atoms. The summed E-state index contributed by atoms with van der Waals surface area (Å²) in [5.74, 6) is -0.622. The van der Waals surface area contributed by atoms with Gasteiger partial charge < -0.3 is 9.64 Å². The van der Waals surface area contributed by atoms with Gasteiger partial charge in [0.15, 0.2) is 6.10 Å². The Bertz CT molecular complexity index is 1010. The first-order valence-corrected chi connectivity index (χ1v) is 9.18. The monoisotopic (exact) mass is 359 g/mol. The predicted molar refractivity (Wildman–Crippen MR) is 104 cm³/mol. The molecular weight excluding hydrogens is 338 g/mol. The van der Waals surface area contributed by atoms with E-state index in [1.165, 1.54) is 5.56 Å². The first-order valence-electron chi connectivity index (χ1n) is 9.18. The van der Waals surface area contributed by atoms with Crippen LogP contribution in [-0.2, 0) is 22.5 Å². The molecule has 4 rings (SSSR count). The zero-order valence-electron chi connectivity index (χ0n) is 15.2. The third-order valence-electron chi connectivity index (χ3n) is 5.08. The third kappa shape index (κ3) is 3.43. The van der Waals surface area contributed by atoms with Crippen molar-refractivity contribution >= 4 is 22.6 Å². The fourth-order valence-electron chi connectivity index (χ4n) is 3.62. The fraction of sp³-hybridized carbons (Fsp3) is 0.217. The molecule has 0 spiro atoms. The van der Waals surface area contributed by atoms with Crippen LogP contribution in [-0.4, -0.2) is 29.4 Å². The molecule has 0 unspecified atom stereocenters. The van der Waals surface area contributed by atoms with Crippen molar-refractivity contribution < 1.29 is 14.3 Å². The Kier molecular flexibility index (Phi) is 4.63. The molecule has 0 aliphatic carbocycles. The van der Waals surface area contributed by atoms with Crippen LogP contribution in [0.25, 0.3) is 10.8 Å². The minimum Gasteiger partial charge on any atom is -0.449 e. The van der Waals surface area contributed by atoms with E-state index in [4.69, 9.17) is 4.74 Å². The van der Waals surface area contributed by atoms with Gasteiger partial charge in [-0.05, 0) is 41.3 Å². The normalized spacial score (nSPS) is 14.5. The van der Waals surface area contributed by atoms with Crippen LogP contribution in [0.1, 0.15) is 28.4 Å². The highest BCUT2D eigenvalue weighted by Crippen LogP contribution is 2.22. The molecule has 1 amide bonds. The largest absolute Gasteiger partial charge is 0.449 e. The lowest BCUT2D eigenvalue weighted by molar-refractivity contribution is -0.140. The molecule has 27 heavy (non-hydrogen) atoms. The molecule has 0 radical (unpaired) electrons. The van der Waals surface area contributed by atoms with E-state index in [1.807, 2.05) is 54.6 Å². The SMILES string of the molecule is C[C@@H](OC(=O)c1cccc2ccccc12)C(=O)N1CCc2ccccc2C1. The number of nitrogens with zero attached hydrogens (tertiary/aromatic N) is 1. The van der Waals surface area contributed by atoms with Crippen LogP contribution in [0.5, 0.6) is 0 Å². The smallest absolute Gasteiger partial charge is 0.339 e. The van der Waals surface area contributed by atoms with Crippen molar-refractivity contribution in [3.05, 3.63) is 83.4 Å². The van der Waals surface area contributed by atoms with Crippen LogP contribution < -0.4 is 0 Å². The second-order valence-corrected chi connectivity index (χ2v) is 6.85. The molecular formula is C23H21NO3. The Hall–Kier alpha value is -3.14. The molecule has 4 heteroatoms. The van der Waals surface area contributed by atoms with Gasteiger partial charge in [-0.1, -0.05) is 60.7 Å². The van der Waals surface area contributed by atoms with Gasteiger partial charge >= 0.3 is 5.97 Å². The fourth-order valence-corrected chi connectivity index (χ4v) is 3.62. The van der Waals surface area contributed by atoms with Gasteiger partial charge in [0.2, 0.25) is 0 Å². The summed E-state index contributed by atoms with van der Waals surface area (Å²) in [4.78, 5) is 27.2. The number of esters is 1. The van der Waals surface area contributed by atoms with Gasteiger partial charge in [0, 0.05) is 13.1 Å². The van der Waals surface area contributed by atoms with Crippen LogP contribution in [0.15, 0.2) is 66.7 Å². The predicted octanol–water partition coefficient (Wildman–Crippen LogP) is 3.97. The molecule has 136 valence electrons. The van der Waals surface area contributed by atoms with Gasteiger partial charge in [-0.25, -0.2) is 4.79 Å². The van der Waals surface area contributed by atoms with Crippen molar-refractivity contribution in [2.24, 2.45) is 0 Å². The summed E-state index contributed by atoms with van der Waals surface area (Å²) in [6, 6.07) is 21.3. The molecule has 3 aromatic carbocycles. The molecule has 0 saturated heterocycles. The van der Waals surface area contributed by atoms with Gasteiger partial charge in [0.05, 0.1) is 5.56 Å². The molecule has 1 aliphatic rings. The number of hydrogen-bond acceptors (Lipinski definition) is 3. The molecule has 3 aromatic rings. The second kappa shape index (κ2) is 7.23. The first-order chi connectivity index (χ1) is 13.1. The summed E-state index contributed by atoms with van der Waals surface area (Å²) >= 11 is 0. The van der Waals surface area contributed by atoms with Crippen LogP contribution in [0.3, 0.4) is 0 Å². The van der Waals surface area contributed by atoms with Gasteiger partial charge in [-0.15, -0.1) is 0 Å². The van der Waals surface area contributed by atoms with Crippen molar-refractivity contribution in [2.45, 2.75) is 26.0 Å². The minimum atomic E-state index is -0.818. The van der Waals surface area contributed by atoms with Crippen molar-refractivity contribution in [2.75, 3.05) is 6.54 Å². The average Bonchev–Trinajstić information content (AvgIpc) is 2.72. The second-order valence-electron chi connectivity index (χ2n) is 6.85. The highest BCUT2D eigenvalue weighted by molar-refractivity contribution is 6.05. The van der Waals surface area contributed by atoms with Crippen LogP contribution >= 0.6 is 0 Å². The number of amides is 1. The number of ether oxygens (including phenoxy) is 1. The first kappa shape index (κ1) is 17.3.